The first-order valence-electron chi connectivity index (χ1n) is 6.47. The second kappa shape index (κ2) is 5.44. The van der Waals surface area contributed by atoms with Crippen LogP contribution in [0.25, 0.3) is 0 Å². The van der Waals surface area contributed by atoms with Gasteiger partial charge in [-0.3, -0.25) is 9.59 Å². The van der Waals surface area contributed by atoms with Crippen LogP contribution in [0.15, 0.2) is 22.7 Å². The summed E-state index contributed by atoms with van der Waals surface area (Å²) in [6.07, 6.45) is 1.01. The first kappa shape index (κ1) is 14.8. The quantitative estimate of drug-likeness (QED) is 0.827. The van der Waals surface area contributed by atoms with Crippen LogP contribution >= 0.6 is 15.9 Å². The number of nitrogen functional groups attached to an aromatic ring is 1. The van der Waals surface area contributed by atoms with Gasteiger partial charge in [0.05, 0.1) is 5.41 Å². The third-order valence-electron chi connectivity index (χ3n) is 3.94. The lowest BCUT2D eigenvalue weighted by Gasteiger charge is -2.23. The van der Waals surface area contributed by atoms with Gasteiger partial charge in [-0.05, 0) is 31.0 Å². The highest BCUT2D eigenvalue weighted by Gasteiger charge is 2.44. The number of aliphatic carboxylic acids is 1. The number of amides is 1. The average Bonchev–Trinajstić information content (AvgIpc) is 2.82. The summed E-state index contributed by atoms with van der Waals surface area (Å²) in [7, 11) is 0. The molecule has 1 heterocycles. The van der Waals surface area contributed by atoms with E-state index < -0.39 is 11.4 Å². The van der Waals surface area contributed by atoms with Gasteiger partial charge >= 0.3 is 5.97 Å². The minimum Gasteiger partial charge on any atom is -0.481 e. The highest BCUT2D eigenvalue weighted by atomic mass is 79.9. The maximum Gasteiger partial charge on any atom is 0.311 e. The molecule has 0 bridgehead atoms. The molecule has 0 aliphatic carbocycles. The molecule has 1 aromatic carbocycles. The number of carboxylic acids is 1. The Balaban J connectivity index is 2.21. The molecule has 3 N–H and O–H groups in total. The summed E-state index contributed by atoms with van der Waals surface area (Å²) in [5.74, 6) is -1.00. The van der Waals surface area contributed by atoms with E-state index >= 15 is 0 Å². The van der Waals surface area contributed by atoms with Crippen molar-refractivity contribution in [2.75, 3.05) is 18.8 Å². The van der Waals surface area contributed by atoms with E-state index in [-0.39, 0.29) is 12.5 Å². The van der Waals surface area contributed by atoms with E-state index in [0.717, 1.165) is 4.47 Å². The Kier molecular flexibility index (Phi) is 4.04. The third kappa shape index (κ3) is 2.65. The topological polar surface area (TPSA) is 83.6 Å². The van der Waals surface area contributed by atoms with Crippen LogP contribution in [0.1, 0.15) is 30.1 Å². The van der Waals surface area contributed by atoms with Crippen LogP contribution in [0.2, 0.25) is 0 Å². The molecule has 1 amide bonds. The molecule has 2 rings (SSSR count). The number of carbonyl (C=O) groups is 2. The molecule has 108 valence electrons. The molecule has 0 saturated carbocycles. The number of hydrogen-bond acceptors (Lipinski definition) is 3. The Morgan fingerprint density at radius 2 is 2.15 bits per heavy atom. The van der Waals surface area contributed by atoms with Gasteiger partial charge in [0, 0.05) is 28.8 Å². The summed E-state index contributed by atoms with van der Waals surface area (Å²) >= 11 is 3.30. The normalized spacial score (nSPS) is 22.0. The van der Waals surface area contributed by atoms with Crippen molar-refractivity contribution in [3.63, 3.8) is 0 Å². The molecule has 0 radical (unpaired) electrons. The molecule has 1 aromatic rings. The smallest absolute Gasteiger partial charge is 0.311 e. The van der Waals surface area contributed by atoms with E-state index in [1.54, 1.807) is 23.1 Å². The van der Waals surface area contributed by atoms with Crippen molar-refractivity contribution in [2.45, 2.75) is 19.8 Å². The molecule has 1 atom stereocenters. The fraction of sp³-hybridized carbons (Fsp3) is 0.429. The largest absolute Gasteiger partial charge is 0.481 e. The zero-order valence-corrected chi connectivity index (χ0v) is 12.8. The monoisotopic (exact) mass is 340 g/mol. The van der Waals surface area contributed by atoms with Crippen molar-refractivity contribution in [1.29, 1.82) is 0 Å². The van der Waals surface area contributed by atoms with E-state index in [1.807, 2.05) is 6.92 Å². The van der Waals surface area contributed by atoms with E-state index in [2.05, 4.69) is 15.9 Å². The van der Waals surface area contributed by atoms with Gasteiger partial charge in [0.15, 0.2) is 0 Å². The van der Waals surface area contributed by atoms with Gasteiger partial charge in [-0.2, -0.15) is 0 Å². The number of halogens is 1. The SMILES string of the molecule is CCC1(C(=O)O)CCN(C(=O)c2cc(N)cc(Br)c2)C1. The number of anilines is 1. The van der Waals surface area contributed by atoms with Crippen LogP contribution in [-0.2, 0) is 4.79 Å². The van der Waals surface area contributed by atoms with Crippen LogP contribution in [0.5, 0.6) is 0 Å². The van der Waals surface area contributed by atoms with E-state index in [4.69, 9.17) is 5.73 Å². The second-order valence-corrected chi connectivity index (χ2v) is 6.10. The van der Waals surface area contributed by atoms with Gasteiger partial charge in [-0.25, -0.2) is 0 Å². The fourth-order valence-corrected chi connectivity index (χ4v) is 3.09. The molecule has 1 aliphatic heterocycles. The summed E-state index contributed by atoms with van der Waals surface area (Å²) in [6, 6.07) is 5.03. The maximum atomic E-state index is 12.4. The molecule has 5 nitrogen and oxygen atoms in total. The van der Waals surface area contributed by atoms with Crippen LogP contribution in [-0.4, -0.2) is 35.0 Å². The molecule has 0 spiro atoms. The first-order chi connectivity index (χ1) is 9.38. The Morgan fingerprint density at radius 1 is 1.45 bits per heavy atom. The fourth-order valence-electron chi connectivity index (χ4n) is 2.58. The van der Waals surface area contributed by atoms with Crippen LogP contribution < -0.4 is 5.73 Å². The van der Waals surface area contributed by atoms with Crippen LogP contribution in [0, 0.1) is 5.41 Å². The standard InChI is InChI=1S/C14H17BrN2O3/c1-2-14(13(19)20)3-4-17(8-14)12(18)9-5-10(15)7-11(16)6-9/h5-7H,2-4,8,16H2,1H3,(H,19,20). The van der Waals surface area contributed by atoms with Gasteiger partial charge in [-0.15, -0.1) is 0 Å². The highest BCUT2D eigenvalue weighted by Crippen LogP contribution is 2.35. The molecular weight excluding hydrogens is 324 g/mol. The molecule has 1 aliphatic rings. The summed E-state index contributed by atoms with van der Waals surface area (Å²) in [5, 5.41) is 9.36. The van der Waals surface area contributed by atoms with Gasteiger partial charge < -0.3 is 15.7 Å². The van der Waals surface area contributed by atoms with E-state index in [1.165, 1.54) is 0 Å². The molecule has 20 heavy (non-hydrogen) atoms. The van der Waals surface area contributed by atoms with E-state index in [9.17, 15) is 14.7 Å². The second-order valence-electron chi connectivity index (χ2n) is 5.19. The van der Waals surface area contributed by atoms with Crippen molar-refractivity contribution in [3.05, 3.63) is 28.2 Å². The number of rotatable bonds is 3. The van der Waals surface area contributed by atoms with Crippen molar-refractivity contribution >= 4 is 33.5 Å². The lowest BCUT2D eigenvalue weighted by molar-refractivity contribution is -0.148. The molecular formula is C14H17BrN2O3. The number of benzene rings is 1. The number of hydrogen-bond donors (Lipinski definition) is 2. The van der Waals surface area contributed by atoms with Gasteiger partial charge in [0.25, 0.3) is 5.91 Å². The molecule has 1 saturated heterocycles. The number of likely N-dealkylation sites (tertiary alicyclic amines) is 1. The van der Waals surface area contributed by atoms with Crippen LogP contribution in [0.3, 0.4) is 0 Å². The third-order valence-corrected chi connectivity index (χ3v) is 4.40. The Bertz CT molecular complexity index is 541. The van der Waals surface area contributed by atoms with Gasteiger partial charge in [0.1, 0.15) is 0 Å². The molecule has 1 unspecified atom stereocenters. The van der Waals surface area contributed by atoms with Crippen molar-refractivity contribution in [2.24, 2.45) is 5.41 Å². The average molecular weight is 341 g/mol. The molecule has 0 aromatic heterocycles. The van der Waals surface area contributed by atoms with Crippen molar-refractivity contribution < 1.29 is 14.7 Å². The predicted octanol–water partition coefficient (Wildman–Crippen LogP) is 2.36. The Morgan fingerprint density at radius 3 is 2.65 bits per heavy atom. The summed E-state index contributed by atoms with van der Waals surface area (Å²) in [5.41, 5.74) is 5.90. The summed E-state index contributed by atoms with van der Waals surface area (Å²) in [4.78, 5) is 25.4. The van der Waals surface area contributed by atoms with Crippen molar-refractivity contribution in [3.8, 4) is 0 Å². The number of nitrogens with two attached hydrogens (primary N) is 1. The lowest BCUT2D eigenvalue weighted by Crippen LogP contribution is -2.36. The van der Waals surface area contributed by atoms with E-state index in [0.29, 0.717) is 30.6 Å². The first-order valence-corrected chi connectivity index (χ1v) is 7.26. The minimum atomic E-state index is -0.830. The number of carbonyl (C=O) groups excluding carboxylic acids is 1. The zero-order valence-electron chi connectivity index (χ0n) is 11.2. The van der Waals surface area contributed by atoms with Crippen LogP contribution in [0.4, 0.5) is 5.69 Å². The Labute approximate surface area is 125 Å². The predicted molar refractivity (Wildman–Crippen MR) is 79.4 cm³/mol. The molecule has 6 heteroatoms. The number of nitrogens with zero attached hydrogens (tertiary/aromatic N) is 1. The highest BCUT2D eigenvalue weighted by molar-refractivity contribution is 9.10. The van der Waals surface area contributed by atoms with Crippen molar-refractivity contribution in [1.82, 2.24) is 4.90 Å². The summed E-state index contributed by atoms with van der Waals surface area (Å²) < 4.78 is 0.736. The molecule has 1 fully saturated rings. The Hall–Kier alpha value is -1.56. The maximum absolute atomic E-state index is 12.4. The van der Waals surface area contributed by atoms with Gasteiger partial charge in [-0.1, -0.05) is 22.9 Å². The minimum absolute atomic E-state index is 0.172. The van der Waals surface area contributed by atoms with Gasteiger partial charge in [0.2, 0.25) is 0 Å². The summed E-state index contributed by atoms with van der Waals surface area (Å²) in [6.45, 7) is 2.56. The number of carboxylic acid groups (broad SMARTS) is 1. The lowest BCUT2D eigenvalue weighted by atomic mass is 9.84. The zero-order chi connectivity index (χ0) is 14.9.